The Hall–Kier alpha value is -2.41. The molecule has 112 valence electrons. The Kier molecular flexibility index (Phi) is 5.28. The predicted octanol–water partition coefficient (Wildman–Crippen LogP) is 0.713. The first-order valence-corrected chi connectivity index (χ1v) is 6.75. The highest BCUT2D eigenvalue weighted by molar-refractivity contribution is 5.75. The van der Waals surface area contributed by atoms with Crippen LogP contribution in [0.5, 0.6) is 0 Å². The summed E-state index contributed by atoms with van der Waals surface area (Å²) in [6.45, 7) is 3.70. The molecular weight excluding hydrogens is 270 g/mol. The number of carbonyl (C=O) groups is 1. The molecule has 1 aromatic heterocycles. The van der Waals surface area contributed by atoms with Gasteiger partial charge in [0, 0.05) is 13.2 Å². The number of hydrogen-bond donors (Lipinski definition) is 2. The Bertz CT molecular complexity index is 597. The van der Waals surface area contributed by atoms with Crippen molar-refractivity contribution in [1.29, 1.82) is 0 Å². The fourth-order valence-corrected chi connectivity index (χ4v) is 1.86. The lowest BCUT2D eigenvalue weighted by Gasteiger charge is -2.10. The number of nitrogens with two attached hydrogens (primary N) is 1. The van der Waals surface area contributed by atoms with Gasteiger partial charge >= 0.3 is 0 Å². The number of nitrogens with one attached hydrogen (secondary N) is 1. The lowest BCUT2D eigenvalue weighted by atomic mass is 10.1. The first kappa shape index (κ1) is 15.0. The van der Waals surface area contributed by atoms with E-state index < -0.39 is 0 Å². The van der Waals surface area contributed by atoms with Crippen LogP contribution in [0.1, 0.15) is 18.1 Å². The summed E-state index contributed by atoms with van der Waals surface area (Å²) in [5.41, 5.74) is 7.51. The third kappa shape index (κ3) is 4.57. The van der Waals surface area contributed by atoms with Crippen LogP contribution in [-0.2, 0) is 29.2 Å². The molecular formula is C14H19N5O2. The summed E-state index contributed by atoms with van der Waals surface area (Å²) < 4.78 is 6.82. The van der Waals surface area contributed by atoms with Gasteiger partial charge in [-0.25, -0.2) is 9.67 Å². The van der Waals surface area contributed by atoms with Gasteiger partial charge in [-0.2, -0.15) is 0 Å². The second kappa shape index (κ2) is 7.39. The summed E-state index contributed by atoms with van der Waals surface area (Å²) in [5.74, 6) is 0.0102. The molecule has 0 atom stereocenters. The standard InChI is InChI=1S/C14H19N5O2/c1-2-21-9-12-6-4-3-5-11(12)7-16-13(20)8-19-10-17-14(15)18-19/h3-6,10H,2,7-9H2,1H3,(H2,15,18)(H,16,20). The van der Waals surface area contributed by atoms with Gasteiger partial charge in [0.2, 0.25) is 11.9 Å². The summed E-state index contributed by atoms with van der Waals surface area (Å²) in [5, 5.41) is 6.72. The van der Waals surface area contributed by atoms with Crippen LogP contribution in [0.3, 0.4) is 0 Å². The van der Waals surface area contributed by atoms with E-state index in [4.69, 9.17) is 10.5 Å². The zero-order chi connectivity index (χ0) is 15.1. The van der Waals surface area contributed by atoms with Crippen molar-refractivity contribution in [2.45, 2.75) is 26.6 Å². The fourth-order valence-electron chi connectivity index (χ4n) is 1.86. The molecule has 1 amide bonds. The second-order valence-corrected chi connectivity index (χ2v) is 4.48. The Morgan fingerprint density at radius 3 is 2.81 bits per heavy atom. The van der Waals surface area contributed by atoms with Crippen LogP contribution in [0.25, 0.3) is 0 Å². The predicted molar refractivity (Wildman–Crippen MR) is 78.1 cm³/mol. The normalized spacial score (nSPS) is 10.5. The van der Waals surface area contributed by atoms with E-state index in [2.05, 4.69) is 15.4 Å². The van der Waals surface area contributed by atoms with Crippen molar-refractivity contribution in [3.8, 4) is 0 Å². The number of nitrogen functional groups attached to an aromatic ring is 1. The molecule has 2 rings (SSSR count). The van der Waals surface area contributed by atoms with Crippen molar-refractivity contribution in [3.05, 3.63) is 41.7 Å². The van der Waals surface area contributed by atoms with E-state index in [0.717, 1.165) is 11.1 Å². The van der Waals surface area contributed by atoms with Gasteiger partial charge in [0.05, 0.1) is 6.61 Å². The Labute approximate surface area is 123 Å². The minimum Gasteiger partial charge on any atom is -0.377 e. The van der Waals surface area contributed by atoms with Crippen molar-refractivity contribution < 1.29 is 9.53 Å². The summed E-state index contributed by atoms with van der Waals surface area (Å²) in [4.78, 5) is 15.6. The molecule has 0 fully saturated rings. The van der Waals surface area contributed by atoms with Crippen LogP contribution in [0.15, 0.2) is 30.6 Å². The fraction of sp³-hybridized carbons (Fsp3) is 0.357. The summed E-state index contributed by atoms with van der Waals surface area (Å²) in [6, 6.07) is 7.87. The minimum absolute atomic E-state index is 0.0951. The molecule has 1 aromatic carbocycles. The molecule has 21 heavy (non-hydrogen) atoms. The van der Waals surface area contributed by atoms with Gasteiger partial charge in [-0.15, -0.1) is 5.10 Å². The van der Waals surface area contributed by atoms with Gasteiger partial charge in [0.25, 0.3) is 0 Å². The highest BCUT2D eigenvalue weighted by atomic mass is 16.5. The zero-order valence-electron chi connectivity index (χ0n) is 12.0. The molecule has 0 saturated carbocycles. The molecule has 1 heterocycles. The van der Waals surface area contributed by atoms with E-state index in [-0.39, 0.29) is 18.4 Å². The number of aromatic nitrogens is 3. The number of amides is 1. The number of anilines is 1. The van der Waals surface area contributed by atoms with Gasteiger partial charge in [0.1, 0.15) is 12.9 Å². The molecule has 0 saturated heterocycles. The molecule has 0 unspecified atom stereocenters. The average Bonchev–Trinajstić information content (AvgIpc) is 2.89. The van der Waals surface area contributed by atoms with E-state index in [1.54, 1.807) is 0 Å². The molecule has 0 radical (unpaired) electrons. The third-order valence-corrected chi connectivity index (χ3v) is 2.92. The molecule has 2 aromatic rings. The summed E-state index contributed by atoms with van der Waals surface area (Å²) in [6.07, 6.45) is 1.43. The van der Waals surface area contributed by atoms with Gasteiger partial charge in [-0.05, 0) is 18.1 Å². The van der Waals surface area contributed by atoms with E-state index in [9.17, 15) is 4.79 Å². The molecule has 0 aliphatic carbocycles. The van der Waals surface area contributed by atoms with Gasteiger partial charge in [-0.3, -0.25) is 4.79 Å². The van der Waals surface area contributed by atoms with Crippen LogP contribution in [0, 0.1) is 0 Å². The average molecular weight is 289 g/mol. The van der Waals surface area contributed by atoms with E-state index >= 15 is 0 Å². The van der Waals surface area contributed by atoms with Gasteiger partial charge in [-0.1, -0.05) is 24.3 Å². The van der Waals surface area contributed by atoms with Crippen LogP contribution in [-0.4, -0.2) is 27.3 Å². The monoisotopic (exact) mass is 289 g/mol. The number of nitrogens with zero attached hydrogens (tertiary/aromatic N) is 3. The van der Waals surface area contributed by atoms with Crippen LogP contribution in [0.2, 0.25) is 0 Å². The maximum atomic E-state index is 11.8. The first-order valence-electron chi connectivity index (χ1n) is 6.75. The molecule has 0 spiro atoms. The molecule has 3 N–H and O–H groups in total. The molecule has 7 nitrogen and oxygen atoms in total. The lowest BCUT2D eigenvalue weighted by Crippen LogP contribution is -2.27. The van der Waals surface area contributed by atoms with Gasteiger partial charge < -0.3 is 15.8 Å². The number of carbonyl (C=O) groups excluding carboxylic acids is 1. The number of ether oxygens (including phenoxy) is 1. The van der Waals surface area contributed by atoms with E-state index in [0.29, 0.717) is 19.8 Å². The topological polar surface area (TPSA) is 95.1 Å². The Balaban J connectivity index is 1.88. The van der Waals surface area contributed by atoms with Crippen molar-refractivity contribution in [1.82, 2.24) is 20.1 Å². The second-order valence-electron chi connectivity index (χ2n) is 4.48. The van der Waals surface area contributed by atoms with Crippen LogP contribution >= 0.6 is 0 Å². The highest BCUT2D eigenvalue weighted by Crippen LogP contribution is 2.10. The zero-order valence-corrected chi connectivity index (χ0v) is 12.0. The molecule has 0 bridgehead atoms. The van der Waals surface area contributed by atoms with Crippen molar-refractivity contribution in [2.24, 2.45) is 0 Å². The smallest absolute Gasteiger partial charge is 0.242 e. The minimum atomic E-state index is -0.147. The summed E-state index contributed by atoms with van der Waals surface area (Å²) in [7, 11) is 0. The maximum absolute atomic E-state index is 11.8. The van der Waals surface area contributed by atoms with Gasteiger partial charge in [0.15, 0.2) is 0 Å². The quantitative estimate of drug-likeness (QED) is 0.783. The third-order valence-electron chi connectivity index (χ3n) is 2.92. The van der Waals surface area contributed by atoms with Crippen molar-refractivity contribution in [2.75, 3.05) is 12.3 Å². The van der Waals surface area contributed by atoms with Crippen molar-refractivity contribution in [3.63, 3.8) is 0 Å². The van der Waals surface area contributed by atoms with E-state index in [1.807, 2.05) is 31.2 Å². The molecule has 0 aliphatic heterocycles. The maximum Gasteiger partial charge on any atom is 0.242 e. The van der Waals surface area contributed by atoms with Crippen LogP contribution < -0.4 is 11.1 Å². The number of benzene rings is 1. The summed E-state index contributed by atoms with van der Waals surface area (Å²) >= 11 is 0. The van der Waals surface area contributed by atoms with Crippen LogP contribution in [0.4, 0.5) is 5.95 Å². The SMILES string of the molecule is CCOCc1ccccc1CNC(=O)Cn1cnc(N)n1. The highest BCUT2D eigenvalue weighted by Gasteiger charge is 2.06. The largest absolute Gasteiger partial charge is 0.377 e. The number of hydrogen-bond acceptors (Lipinski definition) is 5. The number of rotatable bonds is 7. The Morgan fingerprint density at radius 1 is 1.38 bits per heavy atom. The van der Waals surface area contributed by atoms with Crippen molar-refractivity contribution >= 4 is 11.9 Å². The van der Waals surface area contributed by atoms with E-state index in [1.165, 1.54) is 11.0 Å². The Morgan fingerprint density at radius 2 is 2.14 bits per heavy atom. The molecule has 0 aliphatic rings. The first-order chi connectivity index (χ1) is 10.2. The molecule has 7 heteroatoms. The lowest BCUT2D eigenvalue weighted by molar-refractivity contribution is -0.122.